The summed E-state index contributed by atoms with van der Waals surface area (Å²) < 4.78 is 0. The number of nitrogens with zero attached hydrogens (tertiary/aromatic N) is 1. The average molecular weight is 293 g/mol. The van der Waals surface area contributed by atoms with Gasteiger partial charge in [-0.1, -0.05) is 44.2 Å². The molecule has 1 amide bonds. The van der Waals surface area contributed by atoms with E-state index in [9.17, 15) is 4.79 Å². The van der Waals surface area contributed by atoms with Crippen molar-refractivity contribution in [1.29, 1.82) is 0 Å². The number of H-pyrrole nitrogens is 1. The summed E-state index contributed by atoms with van der Waals surface area (Å²) in [6.45, 7) is 4.15. The Kier molecular flexibility index (Phi) is 3.92. The van der Waals surface area contributed by atoms with Crippen molar-refractivity contribution in [1.82, 2.24) is 15.3 Å². The van der Waals surface area contributed by atoms with Crippen LogP contribution in [0.3, 0.4) is 0 Å². The van der Waals surface area contributed by atoms with Crippen molar-refractivity contribution in [2.45, 2.75) is 19.9 Å². The van der Waals surface area contributed by atoms with E-state index < -0.39 is 0 Å². The number of carbonyl (C=O) groups excluding carboxylic acids is 1. The molecule has 22 heavy (non-hydrogen) atoms. The Bertz CT molecular complexity index is 744. The van der Waals surface area contributed by atoms with Gasteiger partial charge in [-0.15, -0.1) is 0 Å². The van der Waals surface area contributed by atoms with Crippen molar-refractivity contribution in [3.8, 4) is 0 Å². The standard InChI is InChI=1S/C18H19N3O/c1-12(2)16(21-18(22)13-8-4-3-5-9-13)17-19-14-10-6-7-11-15(14)20-17/h3-12,16H,1-2H3,(H,19,20)(H,21,22)/t16-/m1/s1. The topological polar surface area (TPSA) is 57.8 Å². The second kappa shape index (κ2) is 6.02. The Morgan fingerprint density at radius 1 is 1.05 bits per heavy atom. The first-order valence-electron chi connectivity index (χ1n) is 7.45. The highest BCUT2D eigenvalue weighted by Crippen LogP contribution is 2.22. The van der Waals surface area contributed by atoms with Gasteiger partial charge in [-0.25, -0.2) is 4.98 Å². The van der Waals surface area contributed by atoms with Gasteiger partial charge < -0.3 is 10.3 Å². The van der Waals surface area contributed by atoms with E-state index in [1.54, 1.807) is 0 Å². The maximum absolute atomic E-state index is 12.4. The van der Waals surface area contributed by atoms with Crippen molar-refractivity contribution < 1.29 is 4.79 Å². The van der Waals surface area contributed by atoms with Gasteiger partial charge in [-0.3, -0.25) is 4.79 Å². The maximum Gasteiger partial charge on any atom is 0.251 e. The van der Waals surface area contributed by atoms with Crippen molar-refractivity contribution in [3.05, 3.63) is 66.0 Å². The summed E-state index contributed by atoms with van der Waals surface area (Å²) in [7, 11) is 0. The molecule has 3 aromatic rings. The SMILES string of the molecule is CC(C)[C@@H](NC(=O)c1ccccc1)c1nc2ccccc2[nH]1. The minimum absolute atomic E-state index is 0.0836. The highest BCUT2D eigenvalue weighted by atomic mass is 16.1. The monoisotopic (exact) mass is 293 g/mol. The Labute approximate surface area is 129 Å². The van der Waals surface area contributed by atoms with Gasteiger partial charge in [0.15, 0.2) is 0 Å². The molecule has 0 spiro atoms. The largest absolute Gasteiger partial charge is 0.342 e. The van der Waals surface area contributed by atoms with E-state index >= 15 is 0 Å². The molecule has 0 aliphatic rings. The molecule has 0 unspecified atom stereocenters. The number of carbonyl (C=O) groups is 1. The van der Waals surface area contributed by atoms with E-state index in [1.165, 1.54) is 0 Å². The molecule has 112 valence electrons. The number of aromatic nitrogens is 2. The van der Waals surface area contributed by atoms with Crippen LogP contribution in [-0.4, -0.2) is 15.9 Å². The molecule has 3 rings (SSSR count). The minimum Gasteiger partial charge on any atom is -0.342 e. The predicted molar refractivity (Wildman–Crippen MR) is 87.6 cm³/mol. The van der Waals surface area contributed by atoms with E-state index in [-0.39, 0.29) is 17.9 Å². The zero-order chi connectivity index (χ0) is 15.5. The Balaban J connectivity index is 1.88. The summed E-state index contributed by atoms with van der Waals surface area (Å²) in [6.07, 6.45) is 0. The first kappa shape index (κ1) is 14.3. The van der Waals surface area contributed by atoms with Crippen LogP contribution in [0.2, 0.25) is 0 Å². The van der Waals surface area contributed by atoms with Crippen LogP contribution in [0.1, 0.15) is 36.1 Å². The molecule has 4 nitrogen and oxygen atoms in total. The molecule has 0 fully saturated rings. The molecule has 2 N–H and O–H groups in total. The normalized spacial score (nSPS) is 12.5. The van der Waals surface area contributed by atoms with Gasteiger partial charge in [-0.2, -0.15) is 0 Å². The van der Waals surface area contributed by atoms with Crippen molar-refractivity contribution >= 4 is 16.9 Å². The summed E-state index contributed by atoms with van der Waals surface area (Å²) in [5.74, 6) is 0.938. The summed E-state index contributed by atoms with van der Waals surface area (Å²) in [5.41, 5.74) is 2.55. The highest BCUT2D eigenvalue weighted by molar-refractivity contribution is 5.94. The number of aromatic amines is 1. The quantitative estimate of drug-likeness (QED) is 0.770. The van der Waals surface area contributed by atoms with Gasteiger partial charge in [0.05, 0.1) is 17.1 Å². The van der Waals surface area contributed by atoms with Gasteiger partial charge in [0.25, 0.3) is 5.91 Å². The fourth-order valence-electron chi connectivity index (χ4n) is 2.48. The van der Waals surface area contributed by atoms with Crippen molar-refractivity contribution in [2.75, 3.05) is 0 Å². The maximum atomic E-state index is 12.4. The number of hydrogen-bond acceptors (Lipinski definition) is 2. The van der Waals surface area contributed by atoms with E-state index in [2.05, 4.69) is 29.1 Å². The Morgan fingerprint density at radius 3 is 2.41 bits per heavy atom. The van der Waals surface area contributed by atoms with Crippen LogP contribution in [0.5, 0.6) is 0 Å². The van der Waals surface area contributed by atoms with Crippen LogP contribution in [0.25, 0.3) is 11.0 Å². The number of hydrogen-bond donors (Lipinski definition) is 2. The van der Waals surface area contributed by atoms with E-state index in [0.29, 0.717) is 5.56 Å². The number of fused-ring (bicyclic) bond motifs is 1. The zero-order valence-electron chi connectivity index (χ0n) is 12.7. The van der Waals surface area contributed by atoms with Gasteiger partial charge in [0.1, 0.15) is 5.82 Å². The summed E-state index contributed by atoms with van der Waals surface area (Å²) in [5, 5.41) is 3.08. The number of benzene rings is 2. The van der Waals surface area contributed by atoms with Crippen LogP contribution in [0.4, 0.5) is 0 Å². The molecule has 1 heterocycles. The number of imidazole rings is 1. The third kappa shape index (κ3) is 2.86. The van der Waals surface area contributed by atoms with Crippen LogP contribution < -0.4 is 5.32 Å². The lowest BCUT2D eigenvalue weighted by molar-refractivity contribution is 0.0923. The highest BCUT2D eigenvalue weighted by Gasteiger charge is 2.22. The van der Waals surface area contributed by atoms with Crippen molar-refractivity contribution in [3.63, 3.8) is 0 Å². The van der Waals surface area contributed by atoms with E-state index in [1.807, 2.05) is 54.6 Å². The molecule has 0 aliphatic carbocycles. The fourth-order valence-corrected chi connectivity index (χ4v) is 2.48. The summed E-state index contributed by atoms with van der Waals surface area (Å²) >= 11 is 0. The third-order valence-corrected chi connectivity index (χ3v) is 3.69. The average Bonchev–Trinajstić information content (AvgIpc) is 2.96. The lowest BCUT2D eigenvalue weighted by Gasteiger charge is -2.20. The molecule has 1 aromatic heterocycles. The minimum atomic E-state index is -0.153. The smallest absolute Gasteiger partial charge is 0.251 e. The molecule has 1 atom stereocenters. The lowest BCUT2D eigenvalue weighted by atomic mass is 10.0. The first-order valence-corrected chi connectivity index (χ1v) is 7.45. The van der Waals surface area contributed by atoms with Crippen LogP contribution in [0, 0.1) is 5.92 Å². The number of para-hydroxylation sites is 2. The second-order valence-corrected chi connectivity index (χ2v) is 5.70. The molecule has 0 radical (unpaired) electrons. The van der Waals surface area contributed by atoms with E-state index in [4.69, 9.17) is 0 Å². The number of nitrogens with one attached hydrogen (secondary N) is 2. The molecular formula is C18H19N3O. The van der Waals surface area contributed by atoms with Gasteiger partial charge >= 0.3 is 0 Å². The van der Waals surface area contributed by atoms with Crippen LogP contribution >= 0.6 is 0 Å². The first-order chi connectivity index (χ1) is 10.6. The van der Waals surface area contributed by atoms with Gasteiger partial charge in [-0.05, 0) is 30.2 Å². The van der Waals surface area contributed by atoms with Gasteiger partial charge in [0, 0.05) is 5.56 Å². The molecular weight excluding hydrogens is 274 g/mol. The van der Waals surface area contributed by atoms with Crippen LogP contribution in [-0.2, 0) is 0 Å². The fraction of sp³-hybridized carbons (Fsp3) is 0.222. The summed E-state index contributed by atoms with van der Waals surface area (Å²) in [4.78, 5) is 20.3. The molecule has 0 aliphatic heterocycles. The second-order valence-electron chi connectivity index (χ2n) is 5.70. The Morgan fingerprint density at radius 2 is 1.73 bits per heavy atom. The number of amides is 1. The predicted octanol–water partition coefficient (Wildman–Crippen LogP) is 3.69. The van der Waals surface area contributed by atoms with Crippen molar-refractivity contribution in [2.24, 2.45) is 5.92 Å². The molecule has 0 bridgehead atoms. The van der Waals surface area contributed by atoms with E-state index in [0.717, 1.165) is 16.9 Å². The molecule has 0 saturated heterocycles. The molecule has 4 heteroatoms. The number of rotatable bonds is 4. The molecule has 0 saturated carbocycles. The Hall–Kier alpha value is -2.62. The third-order valence-electron chi connectivity index (χ3n) is 3.69. The molecule has 2 aromatic carbocycles. The van der Waals surface area contributed by atoms with Gasteiger partial charge in [0.2, 0.25) is 0 Å². The zero-order valence-corrected chi connectivity index (χ0v) is 12.7. The lowest BCUT2D eigenvalue weighted by Crippen LogP contribution is -2.32. The van der Waals surface area contributed by atoms with Crippen LogP contribution in [0.15, 0.2) is 54.6 Å². The summed E-state index contributed by atoms with van der Waals surface area (Å²) in [6, 6.07) is 17.0.